The summed E-state index contributed by atoms with van der Waals surface area (Å²) in [5, 5.41) is 2.94. The number of carbonyl (C=O) groups excluding carboxylic acids is 3. The van der Waals surface area contributed by atoms with E-state index in [2.05, 4.69) is 5.32 Å². The molecule has 254 valence electrons. The molecule has 47 heavy (non-hydrogen) atoms. The Balaban J connectivity index is 1.72. The third kappa shape index (κ3) is 8.29. The number of nitrogens with one attached hydrogen (secondary N) is 1. The Labute approximate surface area is 273 Å². The zero-order chi connectivity index (χ0) is 34.6. The van der Waals surface area contributed by atoms with Crippen LogP contribution in [0.2, 0.25) is 0 Å². The van der Waals surface area contributed by atoms with Crippen molar-refractivity contribution < 1.29 is 23.9 Å². The van der Waals surface area contributed by atoms with Crippen LogP contribution in [0.15, 0.2) is 45.5 Å². The Bertz CT molecular complexity index is 1810. The van der Waals surface area contributed by atoms with Gasteiger partial charge in [0.25, 0.3) is 11.5 Å². The maximum Gasteiger partial charge on any atom is 0.407 e. The van der Waals surface area contributed by atoms with Crippen LogP contribution in [0.25, 0.3) is 11.2 Å². The van der Waals surface area contributed by atoms with E-state index in [1.54, 1.807) is 57.6 Å². The number of fused-ring (bicyclic) bond motifs is 1. The molecule has 1 saturated heterocycles. The molecule has 0 bridgehead atoms. The Kier molecular flexibility index (Phi) is 10.6. The number of piperidine rings is 1. The quantitative estimate of drug-likeness (QED) is 0.258. The van der Waals surface area contributed by atoms with E-state index in [-0.39, 0.29) is 41.0 Å². The Morgan fingerprint density at radius 3 is 2.47 bits per heavy atom. The number of hydrogen-bond donors (Lipinski definition) is 1. The highest BCUT2D eigenvalue weighted by Crippen LogP contribution is 2.24. The molecule has 0 radical (unpaired) electrons. The van der Waals surface area contributed by atoms with Gasteiger partial charge in [0.1, 0.15) is 11.4 Å². The summed E-state index contributed by atoms with van der Waals surface area (Å²) >= 11 is 0. The minimum atomic E-state index is -0.696. The third-order valence-corrected chi connectivity index (χ3v) is 7.66. The largest absolute Gasteiger partial charge is 0.483 e. The molecule has 14 nitrogen and oxygen atoms in total. The second kappa shape index (κ2) is 14.3. The first-order valence-electron chi connectivity index (χ1n) is 15.6. The van der Waals surface area contributed by atoms with Gasteiger partial charge in [-0.1, -0.05) is 23.8 Å². The summed E-state index contributed by atoms with van der Waals surface area (Å²) in [5.74, 6) is -0.161. The molecule has 2 aromatic heterocycles. The van der Waals surface area contributed by atoms with E-state index >= 15 is 0 Å². The van der Waals surface area contributed by atoms with Gasteiger partial charge in [0.15, 0.2) is 23.6 Å². The fourth-order valence-electron chi connectivity index (χ4n) is 5.26. The lowest BCUT2D eigenvalue weighted by molar-refractivity contribution is -0.130. The van der Waals surface area contributed by atoms with E-state index in [0.29, 0.717) is 25.6 Å². The number of nitrogens with zero attached hydrogens (tertiary/aromatic N) is 6. The van der Waals surface area contributed by atoms with Crippen LogP contribution in [-0.4, -0.2) is 86.8 Å². The van der Waals surface area contributed by atoms with Crippen LogP contribution < -0.4 is 26.2 Å². The van der Waals surface area contributed by atoms with E-state index in [4.69, 9.17) is 14.5 Å². The van der Waals surface area contributed by atoms with Gasteiger partial charge < -0.3 is 29.2 Å². The van der Waals surface area contributed by atoms with Gasteiger partial charge in [-0.3, -0.25) is 23.5 Å². The second-order valence-corrected chi connectivity index (χ2v) is 13.1. The number of ether oxygens (including phenoxy) is 2. The molecule has 1 fully saturated rings. The van der Waals surface area contributed by atoms with Crippen LogP contribution in [0.5, 0.6) is 5.75 Å². The number of hydrogen-bond acceptors (Lipinski definition) is 9. The summed E-state index contributed by atoms with van der Waals surface area (Å²) in [6, 6.07) is 6.18. The molecule has 0 aliphatic carbocycles. The number of anilines is 1. The highest BCUT2D eigenvalue weighted by molar-refractivity contribution is 5.98. The number of para-hydroxylation sites is 1. The minimum Gasteiger partial charge on any atom is -0.483 e. The van der Waals surface area contributed by atoms with Gasteiger partial charge >= 0.3 is 11.8 Å². The number of Topliss-reactive ketones (excluding diaryl/α,β-unsaturated/α-hetero) is 1. The molecule has 14 heteroatoms. The van der Waals surface area contributed by atoms with Crippen molar-refractivity contribution in [1.82, 2.24) is 28.9 Å². The SMILES string of the molecule is CC(C)=CCn1c(N2CCCC(NC(=O)OC(C)(C)C)C2)nc2c1c(=O)n(CC(=O)c1ccccc1OCC(=O)N(C)C)c(=O)n2C. The molecule has 1 unspecified atom stereocenters. The first-order chi connectivity index (χ1) is 22.1. The maximum atomic E-state index is 14.1. The fourth-order valence-corrected chi connectivity index (χ4v) is 5.26. The normalized spacial score (nSPS) is 14.9. The molecule has 2 amide bonds. The van der Waals surface area contributed by atoms with Gasteiger partial charge in [0.05, 0.1) is 12.1 Å². The van der Waals surface area contributed by atoms with Crippen LogP contribution in [0.4, 0.5) is 10.7 Å². The number of aryl methyl sites for hydroxylation is 1. The van der Waals surface area contributed by atoms with Gasteiger partial charge in [0.2, 0.25) is 5.95 Å². The van der Waals surface area contributed by atoms with E-state index in [1.165, 1.54) is 22.6 Å². The third-order valence-electron chi connectivity index (χ3n) is 7.66. The average molecular weight is 652 g/mol. The lowest BCUT2D eigenvalue weighted by atomic mass is 10.1. The molecule has 3 heterocycles. The number of rotatable bonds is 10. The lowest BCUT2D eigenvalue weighted by Crippen LogP contribution is -2.49. The van der Waals surface area contributed by atoms with Gasteiger partial charge in [-0.15, -0.1) is 0 Å². The van der Waals surface area contributed by atoms with Gasteiger partial charge in [-0.2, -0.15) is 4.98 Å². The van der Waals surface area contributed by atoms with Crippen molar-refractivity contribution in [3.8, 4) is 5.75 Å². The number of ketones is 1. The number of imidazole rings is 1. The second-order valence-electron chi connectivity index (χ2n) is 13.1. The summed E-state index contributed by atoms with van der Waals surface area (Å²) in [6.07, 6.45) is 2.94. The highest BCUT2D eigenvalue weighted by Gasteiger charge is 2.29. The molecule has 1 N–H and O–H groups in total. The minimum absolute atomic E-state index is 0.142. The molecule has 0 spiro atoms. The molecular weight excluding hydrogens is 606 g/mol. The fraction of sp³-hybridized carbons (Fsp3) is 0.515. The summed E-state index contributed by atoms with van der Waals surface area (Å²) in [6.45, 7) is 9.82. The number of alkyl carbamates (subject to hydrolysis) is 1. The summed E-state index contributed by atoms with van der Waals surface area (Å²) in [4.78, 5) is 73.9. The topological polar surface area (TPSA) is 150 Å². The van der Waals surface area contributed by atoms with Crippen LogP contribution in [0, 0.1) is 0 Å². The molecule has 1 aliphatic heterocycles. The van der Waals surface area contributed by atoms with E-state index in [9.17, 15) is 24.0 Å². The van der Waals surface area contributed by atoms with E-state index < -0.39 is 35.3 Å². The average Bonchev–Trinajstić information content (AvgIpc) is 3.39. The van der Waals surface area contributed by atoms with Gasteiger partial charge in [-0.25, -0.2) is 9.59 Å². The van der Waals surface area contributed by atoms with Crippen LogP contribution in [-0.2, 0) is 29.7 Å². The molecule has 0 saturated carbocycles. The van der Waals surface area contributed by atoms with Crippen LogP contribution in [0.1, 0.15) is 57.8 Å². The lowest BCUT2D eigenvalue weighted by Gasteiger charge is -2.34. The highest BCUT2D eigenvalue weighted by atomic mass is 16.6. The Morgan fingerprint density at radius 2 is 1.81 bits per heavy atom. The van der Waals surface area contributed by atoms with Crippen molar-refractivity contribution in [2.45, 2.75) is 72.2 Å². The number of allylic oxidation sites excluding steroid dienone is 2. The standard InChI is InChI=1S/C33H45N7O7/c1-21(2)15-17-39-27-28(35-30(39)38-16-11-12-22(18-38)34-31(44)47-33(3,4)5)37(8)32(45)40(29(27)43)19-24(41)23-13-9-10-14-25(23)46-20-26(42)36(6)7/h9-10,13-15,22H,11-12,16-20H2,1-8H3,(H,34,44). The van der Waals surface area contributed by atoms with E-state index in [0.717, 1.165) is 23.0 Å². The van der Waals surface area contributed by atoms with Crippen LogP contribution >= 0.6 is 0 Å². The smallest absolute Gasteiger partial charge is 0.407 e. The van der Waals surface area contributed by atoms with Crippen molar-refractivity contribution in [2.24, 2.45) is 7.05 Å². The predicted molar refractivity (Wildman–Crippen MR) is 178 cm³/mol. The molecule has 4 rings (SSSR count). The van der Waals surface area contributed by atoms with Gasteiger partial charge in [0, 0.05) is 46.8 Å². The number of likely N-dealkylation sites (N-methyl/N-ethyl adjacent to an activating group) is 1. The van der Waals surface area contributed by atoms with Crippen molar-refractivity contribution in [3.05, 3.63) is 62.3 Å². The molecule has 3 aromatic rings. The zero-order valence-electron chi connectivity index (χ0n) is 28.5. The predicted octanol–water partition coefficient (Wildman–Crippen LogP) is 2.71. The Morgan fingerprint density at radius 1 is 1.11 bits per heavy atom. The first kappa shape index (κ1) is 35.0. The van der Waals surface area contributed by atoms with Crippen LogP contribution in [0.3, 0.4) is 0 Å². The monoisotopic (exact) mass is 651 g/mol. The number of aromatic nitrogens is 4. The molecule has 1 aliphatic rings. The summed E-state index contributed by atoms with van der Waals surface area (Å²) < 4.78 is 15.0. The Hall–Kier alpha value is -4.88. The maximum absolute atomic E-state index is 14.1. The van der Waals surface area contributed by atoms with Crippen molar-refractivity contribution >= 4 is 34.9 Å². The first-order valence-corrected chi connectivity index (χ1v) is 15.6. The van der Waals surface area contributed by atoms with E-state index in [1.807, 2.05) is 24.8 Å². The summed E-state index contributed by atoms with van der Waals surface area (Å²) in [5.41, 5.74) is -0.458. The number of amides is 2. The molecule has 1 aromatic carbocycles. The summed E-state index contributed by atoms with van der Waals surface area (Å²) in [7, 11) is 4.71. The number of benzene rings is 1. The molecule has 1 atom stereocenters. The van der Waals surface area contributed by atoms with Crippen molar-refractivity contribution in [3.63, 3.8) is 0 Å². The zero-order valence-corrected chi connectivity index (χ0v) is 28.5. The van der Waals surface area contributed by atoms with Gasteiger partial charge in [-0.05, 0) is 59.6 Å². The number of carbonyl (C=O) groups is 3. The molecular formula is C33H45N7O7. The van der Waals surface area contributed by atoms with Crippen molar-refractivity contribution in [1.29, 1.82) is 0 Å². The van der Waals surface area contributed by atoms with Crippen molar-refractivity contribution in [2.75, 3.05) is 38.7 Å².